The van der Waals surface area contributed by atoms with Crippen LogP contribution in [0.25, 0.3) is 0 Å². The third kappa shape index (κ3) is 3.78. The molecule has 0 aromatic heterocycles. The smallest absolute Gasteiger partial charge is 0.162 e. The molecular weight excluding hydrogens is 274 g/mol. The Kier molecular flexibility index (Phi) is 4.52. The standard InChI is InChI=1S/C16H16F2N2O/c17-12-6-4-10(8-13(12)18)2-1-3-16(21)11-5-7-14(19)15(20)9-11/h4-9H,1-3,19-20H2. The Morgan fingerprint density at radius 1 is 0.952 bits per heavy atom. The first-order valence-corrected chi connectivity index (χ1v) is 6.59. The number of anilines is 2. The summed E-state index contributed by atoms with van der Waals surface area (Å²) in [5.74, 6) is -1.79. The number of benzene rings is 2. The zero-order valence-electron chi connectivity index (χ0n) is 11.4. The second-order valence-electron chi connectivity index (χ2n) is 4.87. The maximum atomic E-state index is 13.0. The lowest BCUT2D eigenvalue weighted by molar-refractivity contribution is 0.0980. The summed E-state index contributed by atoms with van der Waals surface area (Å²) in [4.78, 5) is 12.0. The number of ketones is 1. The van der Waals surface area contributed by atoms with Crippen molar-refractivity contribution in [2.75, 3.05) is 11.5 Å². The first-order valence-electron chi connectivity index (χ1n) is 6.59. The number of hydrogen-bond acceptors (Lipinski definition) is 3. The van der Waals surface area contributed by atoms with E-state index in [-0.39, 0.29) is 5.78 Å². The summed E-state index contributed by atoms with van der Waals surface area (Å²) in [7, 11) is 0. The molecule has 2 aromatic carbocycles. The first-order chi connectivity index (χ1) is 9.97. The second-order valence-corrected chi connectivity index (χ2v) is 4.87. The molecule has 0 aliphatic rings. The van der Waals surface area contributed by atoms with E-state index in [0.29, 0.717) is 41.8 Å². The van der Waals surface area contributed by atoms with Gasteiger partial charge in [0.15, 0.2) is 17.4 Å². The molecule has 4 N–H and O–H groups in total. The van der Waals surface area contributed by atoms with Crippen LogP contribution in [-0.4, -0.2) is 5.78 Å². The van der Waals surface area contributed by atoms with Crippen LogP contribution in [0.2, 0.25) is 0 Å². The molecule has 21 heavy (non-hydrogen) atoms. The van der Waals surface area contributed by atoms with E-state index >= 15 is 0 Å². The van der Waals surface area contributed by atoms with Gasteiger partial charge in [0.2, 0.25) is 0 Å². The van der Waals surface area contributed by atoms with Gasteiger partial charge in [0.1, 0.15) is 0 Å². The van der Waals surface area contributed by atoms with Gasteiger partial charge in [0.25, 0.3) is 0 Å². The van der Waals surface area contributed by atoms with Gasteiger partial charge in [-0.2, -0.15) is 0 Å². The molecule has 5 heteroatoms. The van der Waals surface area contributed by atoms with E-state index in [1.165, 1.54) is 6.07 Å². The molecule has 0 unspecified atom stereocenters. The van der Waals surface area contributed by atoms with Crippen molar-refractivity contribution in [3.05, 3.63) is 59.2 Å². The number of rotatable bonds is 5. The Labute approximate surface area is 121 Å². The van der Waals surface area contributed by atoms with Crippen molar-refractivity contribution in [2.24, 2.45) is 0 Å². The van der Waals surface area contributed by atoms with E-state index < -0.39 is 11.6 Å². The summed E-state index contributed by atoms with van der Waals surface area (Å²) in [6, 6.07) is 8.54. The van der Waals surface area contributed by atoms with E-state index in [9.17, 15) is 13.6 Å². The van der Waals surface area contributed by atoms with Gasteiger partial charge >= 0.3 is 0 Å². The number of carbonyl (C=O) groups excluding carboxylic acids is 1. The molecule has 0 fully saturated rings. The van der Waals surface area contributed by atoms with Crippen molar-refractivity contribution >= 4 is 17.2 Å². The normalized spacial score (nSPS) is 10.6. The van der Waals surface area contributed by atoms with Crippen LogP contribution >= 0.6 is 0 Å². The van der Waals surface area contributed by atoms with Crippen molar-refractivity contribution in [1.29, 1.82) is 0 Å². The van der Waals surface area contributed by atoms with Gasteiger partial charge in [0.05, 0.1) is 11.4 Å². The number of halogens is 2. The fraction of sp³-hybridized carbons (Fsp3) is 0.188. The summed E-state index contributed by atoms with van der Waals surface area (Å²) in [6.45, 7) is 0. The van der Waals surface area contributed by atoms with Crippen LogP contribution in [-0.2, 0) is 6.42 Å². The molecule has 110 valence electrons. The van der Waals surface area contributed by atoms with E-state index in [1.54, 1.807) is 18.2 Å². The van der Waals surface area contributed by atoms with Crippen LogP contribution in [0.3, 0.4) is 0 Å². The highest BCUT2D eigenvalue weighted by atomic mass is 19.2. The highest BCUT2D eigenvalue weighted by Gasteiger charge is 2.08. The molecule has 0 radical (unpaired) electrons. The average molecular weight is 290 g/mol. The third-order valence-corrected chi connectivity index (χ3v) is 3.26. The van der Waals surface area contributed by atoms with Gasteiger partial charge < -0.3 is 11.5 Å². The maximum absolute atomic E-state index is 13.0. The Morgan fingerprint density at radius 3 is 2.38 bits per heavy atom. The van der Waals surface area contributed by atoms with E-state index in [1.807, 2.05) is 0 Å². The van der Waals surface area contributed by atoms with Gasteiger partial charge in [-0.25, -0.2) is 8.78 Å². The van der Waals surface area contributed by atoms with Crippen LogP contribution in [0.5, 0.6) is 0 Å². The Morgan fingerprint density at radius 2 is 1.71 bits per heavy atom. The molecule has 0 heterocycles. The molecular formula is C16H16F2N2O. The second kappa shape index (κ2) is 6.35. The molecule has 2 aromatic rings. The number of hydrogen-bond donors (Lipinski definition) is 2. The maximum Gasteiger partial charge on any atom is 0.162 e. The molecule has 0 aliphatic carbocycles. The minimum Gasteiger partial charge on any atom is -0.397 e. The molecule has 0 saturated heterocycles. The summed E-state index contributed by atoms with van der Waals surface area (Å²) in [5, 5.41) is 0. The van der Waals surface area contributed by atoms with Crippen molar-refractivity contribution in [3.8, 4) is 0 Å². The Hall–Kier alpha value is -2.43. The lowest BCUT2D eigenvalue weighted by atomic mass is 10.0. The highest BCUT2D eigenvalue weighted by Crippen LogP contribution is 2.18. The molecule has 0 saturated carbocycles. The fourth-order valence-electron chi connectivity index (χ4n) is 2.04. The van der Waals surface area contributed by atoms with Crippen molar-refractivity contribution in [3.63, 3.8) is 0 Å². The summed E-state index contributed by atoms with van der Waals surface area (Å²) >= 11 is 0. The van der Waals surface area contributed by atoms with Gasteiger partial charge in [-0.3, -0.25) is 4.79 Å². The zero-order chi connectivity index (χ0) is 15.4. The number of nitrogen functional groups attached to an aromatic ring is 2. The van der Waals surface area contributed by atoms with Crippen LogP contribution in [0.4, 0.5) is 20.2 Å². The molecule has 0 amide bonds. The van der Waals surface area contributed by atoms with Gasteiger partial charge in [-0.15, -0.1) is 0 Å². The first kappa shape index (κ1) is 15.0. The highest BCUT2D eigenvalue weighted by molar-refractivity contribution is 5.97. The SMILES string of the molecule is Nc1ccc(C(=O)CCCc2ccc(F)c(F)c2)cc1N. The number of Topliss-reactive ketones (excluding diaryl/α,β-unsaturated/α-hetero) is 1. The van der Waals surface area contributed by atoms with Gasteiger partial charge in [0, 0.05) is 12.0 Å². The molecule has 3 nitrogen and oxygen atoms in total. The van der Waals surface area contributed by atoms with E-state index in [2.05, 4.69) is 0 Å². The predicted molar refractivity (Wildman–Crippen MR) is 78.9 cm³/mol. The molecule has 0 spiro atoms. The van der Waals surface area contributed by atoms with Crippen LogP contribution < -0.4 is 11.5 Å². The van der Waals surface area contributed by atoms with Crippen molar-refractivity contribution in [2.45, 2.75) is 19.3 Å². The summed E-state index contributed by atoms with van der Waals surface area (Å²) in [5.41, 5.74) is 13.2. The molecule has 0 aliphatic heterocycles. The predicted octanol–water partition coefficient (Wildman–Crippen LogP) is 3.33. The third-order valence-electron chi connectivity index (χ3n) is 3.26. The summed E-state index contributed by atoms with van der Waals surface area (Å²) < 4.78 is 25.8. The van der Waals surface area contributed by atoms with E-state index in [4.69, 9.17) is 11.5 Å². The molecule has 0 bridgehead atoms. The number of aryl methyl sites for hydroxylation is 1. The monoisotopic (exact) mass is 290 g/mol. The fourth-order valence-corrected chi connectivity index (χ4v) is 2.04. The lowest BCUT2D eigenvalue weighted by Gasteiger charge is -2.05. The zero-order valence-corrected chi connectivity index (χ0v) is 11.4. The van der Waals surface area contributed by atoms with Crippen LogP contribution in [0.15, 0.2) is 36.4 Å². The van der Waals surface area contributed by atoms with Crippen molar-refractivity contribution in [1.82, 2.24) is 0 Å². The molecule has 2 rings (SSSR count). The topological polar surface area (TPSA) is 69.1 Å². The minimum atomic E-state index is -0.870. The van der Waals surface area contributed by atoms with Crippen LogP contribution in [0, 0.1) is 11.6 Å². The van der Waals surface area contributed by atoms with Gasteiger partial charge in [-0.1, -0.05) is 6.07 Å². The summed E-state index contributed by atoms with van der Waals surface area (Å²) in [6.07, 6.45) is 1.37. The average Bonchev–Trinajstić information content (AvgIpc) is 2.45. The quantitative estimate of drug-likeness (QED) is 0.655. The van der Waals surface area contributed by atoms with E-state index in [0.717, 1.165) is 12.1 Å². The largest absolute Gasteiger partial charge is 0.397 e. The minimum absolute atomic E-state index is 0.0516. The Bertz CT molecular complexity index is 671. The Balaban J connectivity index is 1.92. The van der Waals surface area contributed by atoms with Gasteiger partial charge in [-0.05, 0) is 48.7 Å². The number of carbonyl (C=O) groups is 1. The number of nitrogens with two attached hydrogens (primary N) is 2. The van der Waals surface area contributed by atoms with Crippen LogP contribution in [0.1, 0.15) is 28.8 Å². The lowest BCUT2D eigenvalue weighted by Crippen LogP contribution is -2.03. The van der Waals surface area contributed by atoms with Crippen molar-refractivity contribution < 1.29 is 13.6 Å². The molecule has 0 atom stereocenters.